The maximum atomic E-state index is 5.66. The van der Waals surface area contributed by atoms with Gasteiger partial charge in [-0.25, -0.2) is 4.98 Å². The molecule has 0 saturated heterocycles. The molecular weight excluding hydrogens is 252 g/mol. The molecule has 1 N–H and O–H groups in total. The predicted molar refractivity (Wildman–Crippen MR) is 80.7 cm³/mol. The van der Waals surface area contributed by atoms with E-state index in [9.17, 15) is 0 Å². The number of nitrogens with zero attached hydrogens (tertiary/aromatic N) is 1. The highest BCUT2D eigenvalue weighted by molar-refractivity contribution is 5.94. The third-order valence-electron chi connectivity index (χ3n) is 3.53. The monoisotopic (exact) mass is 272 g/mol. The van der Waals surface area contributed by atoms with Crippen LogP contribution >= 0.6 is 0 Å². The SMILES string of the molecule is CCCC(C)Nc1nccc2cc3c(cc12)OCCO3. The molecule has 0 radical (unpaired) electrons. The molecule has 0 aliphatic carbocycles. The Morgan fingerprint density at radius 1 is 1.25 bits per heavy atom. The third kappa shape index (κ3) is 2.50. The van der Waals surface area contributed by atoms with E-state index in [4.69, 9.17) is 9.47 Å². The first kappa shape index (κ1) is 13.0. The van der Waals surface area contributed by atoms with E-state index < -0.39 is 0 Å². The molecule has 4 nitrogen and oxygen atoms in total. The van der Waals surface area contributed by atoms with Crippen LogP contribution in [0.3, 0.4) is 0 Å². The second-order valence-corrected chi connectivity index (χ2v) is 5.21. The molecule has 1 unspecified atom stereocenters. The Kier molecular flexibility index (Phi) is 3.63. The van der Waals surface area contributed by atoms with Crippen LogP contribution < -0.4 is 14.8 Å². The summed E-state index contributed by atoms with van der Waals surface area (Å²) in [7, 11) is 0. The van der Waals surface area contributed by atoms with Crippen molar-refractivity contribution in [2.45, 2.75) is 32.7 Å². The number of rotatable bonds is 4. The fourth-order valence-corrected chi connectivity index (χ4v) is 2.56. The van der Waals surface area contributed by atoms with Gasteiger partial charge in [0.2, 0.25) is 0 Å². The van der Waals surface area contributed by atoms with Crippen LogP contribution in [0.5, 0.6) is 11.5 Å². The van der Waals surface area contributed by atoms with Gasteiger partial charge in [-0.15, -0.1) is 0 Å². The zero-order valence-corrected chi connectivity index (χ0v) is 12.0. The summed E-state index contributed by atoms with van der Waals surface area (Å²) < 4.78 is 11.3. The summed E-state index contributed by atoms with van der Waals surface area (Å²) in [5, 5.41) is 5.69. The summed E-state index contributed by atoms with van der Waals surface area (Å²) in [4.78, 5) is 4.47. The second-order valence-electron chi connectivity index (χ2n) is 5.21. The van der Waals surface area contributed by atoms with Gasteiger partial charge in [-0.05, 0) is 36.9 Å². The number of ether oxygens (including phenoxy) is 2. The molecule has 0 saturated carbocycles. The molecule has 1 aromatic heterocycles. The van der Waals surface area contributed by atoms with Gasteiger partial charge < -0.3 is 14.8 Å². The van der Waals surface area contributed by atoms with Gasteiger partial charge in [-0.1, -0.05) is 13.3 Å². The lowest BCUT2D eigenvalue weighted by Crippen LogP contribution is -2.17. The Morgan fingerprint density at radius 2 is 2.00 bits per heavy atom. The molecule has 20 heavy (non-hydrogen) atoms. The van der Waals surface area contributed by atoms with Gasteiger partial charge in [0, 0.05) is 17.6 Å². The van der Waals surface area contributed by atoms with Crippen LogP contribution in [0.1, 0.15) is 26.7 Å². The largest absolute Gasteiger partial charge is 0.486 e. The van der Waals surface area contributed by atoms with E-state index in [2.05, 4.69) is 24.1 Å². The van der Waals surface area contributed by atoms with Gasteiger partial charge in [0.25, 0.3) is 0 Å². The molecule has 106 valence electrons. The number of benzene rings is 1. The molecule has 1 aliphatic rings. The second kappa shape index (κ2) is 5.57. The van der Waals surface area contributed by atoms with Gasteiger partial charge in [-0.2, -0.15) is 0 Å². The minimum atomic E-state index is 0.409. The topological polar surface area (TPSA) is 43.4 Å². The van der Waals surface area contributed by atoms with Crippen LogP contribution in [-0.4, -0.2) is 24.2 Å². The Morgan fingerprint density at radius 3 is 2.75 bits per heavy atom. The van der Waals surface area contributed by atoms with Crippen molar-refractivity contribution in [1.29, 1.82) is 0 Å². The van der Waals surface area contributed by atoms with Crippen molar-refractivity contribution in [1.82, 2.24) is 4.98 Å². The number of fused-ring (bicyclic) bond motifs is 2. The summed E-state index contributed by atoms with van der Waals surface area (Å²) in [5.74, 6) is 2.55. The van der Waals surface area contributed by atoms with E-state index in [0.29, 0.717) is 19.3 Å². The highest BCUT2D eigenvalue weighted by Gasteiger charge is 2.15. The van der Waals surface area contributed by atoms with Crippen molar-refractivity contribution in [3.05, 3.63) is 24.4 Å². The highest BCUT2D eigenvalue weighted by Crippen LogP contribution is 2.36. The summed E-state index contributed by atoms with van der Waals surface area (Å²) >= 11 is 0. The Labute approximate surface area is 119 Å². The van der Waals surface area contributed by atoms with Crippen molar-refractivity contribution < 1.29 is 9.47 Å². The van der Waals surface area contributed by atoms with E-state index in [1.165, 1.54) is 0 Å². The fraction of sp³-hybridized carbons (Fsp3) is 0.438. The summed E-state index contributed by atoms with van der Waals surface area (Å²) in [5.41, 5.74) is 0. The number of pyridine rings is 1. The van der Waals surface area contributed by atoms with Crippen molar-refractivity contribution >= 4 is 16.6 Å². The van der Waals surface area contributed by atoms with E-state index in [1.54, 1.807) is 0 Å². The average molecular weight is 272 g/mol. The van der Waals surface area contributed by atoms with Crippen LogP contribution in [0, 0.1) is 0 Å². The van der Waals surface area contributed by atoms with Crippen LogP contribution in [0.25, 0.3) is 10.8 Å². The molecule has 1 aromatic carbocycles. The van der Waals surface area contributed by atoms with Crippen molar-refractivity contribution in [3.8, 4) is 11.5 Å². The predicted octanol–water partition coefficient (Wildman–Crippen LogP) is 3.61. The number of hydrogen-bond donors (Lipinski definition) is 1. The average Bonchev–Trinajstić information content (AvgIpc) is 2.46. The van der Waals surface area contributed by atoms with Gasteiger partial charge in [-0.3, -0.25) is 0 Å². The molecule has 1 atom stereocenters. The first-order valence-electron chi connectivity index (χ1n) is 7.23. The molecule has 0 bridgehead atoms. The van der Waals surface area contributed by atoms with Crippen molar-refractivity contribution in [3.63, 3.8) is 0 Å². The quantitative estimate of drug-likeness (QED) is 0.923. The molecule has 0 fully saturated rings. The number of aromatic nitrogens is 1. The van der Waals surface area contributed by atoms with Crippen LogP contribution in [-0.2, 0) is 0 Å². The molecule has 1 aliphatic heterocycles. The van der Waals surface area contributed by atoms with E-state index in [0.717, 1.165) is 40.9 Å². The lowest BCUT2D eigenvalue weighted by molar-refractivity contribution is 0.172. The molecule has 2 heterocycles. The molecule has 3 rings (SSSR count). The molecule has 2 aromatic rings. The normalized spacial score (nSPS) is 15.1. The van der Waals surface area contributed by atoms with Gasteiger partial charge in [0.1, 0.15) is 19.0 Å². The smallest absolute Gasteiger partial charge is 0.162 e. The van der Waals surface area contributed by atoms with Gasteiger partial charge in [0.05, 0.1) is 0 Å². The Balaban J connectivity index is 2.00. The Bertz CT molecular complexity index is 613. The first-order valence-corrected chi connectivity index (χ1v) is 7.23. The van der Waals surface area contributed by atoms with Crippen molar-refractivity contribution in [2.24, 2.45) is 0 Å². The Hall–Kier alpha value is -1.97. The lowest BCUT2D eigenvalue weighted by atomic mass is 10.1. The summed E-state index contributed by atoms with van der Waals surface area (Å²) in [6.45, 7) is 5.59. The molecular formula is C16H20N2O2. The van der Waals surface area contributed by atoms with E-state index in [1.807, 2.05) is 24.4 Å². The summed E-state index contributed by atoms with van der Waals surface area (Å²) in [6.07, 6.45) is 4.12. The minimum absolute atomic E-state index is 0.409. The minimum Gasteiger partial charge on any atom is -0.486 e. The van der Waals surface area contributed by atoms with Crippen LogP contribution in [0.2, 0.25) is 0 Å². The zero-order chi connectivity index (χ0) is 13.9. The third-order valence-corrected chi connectivity index (χ3v) is 3.53. The van der Waals surface area contributed by atoms with Crippen LogP contribution in [0.15, 0.2) is 24.4 Å². The maximum absolute atomic E-state index is 5.66. The molecule has 4 heteroatoms. The number of nitrogens with one attached hydrogen (secondary N) is 1. The standard InChI is InChI=1S/C16H20N2O2/c1-3-4-11(2)18-16-13-10-15-14(19-7-8-20-15)9-12(13)5-6-17-16/h5-6,9-11H,3-4,7-8H2,1-2H3,(H,17,18). The number of hydrogen-bond acceptors (Lipinski definition) is 4. The van der Waals surface area contributed by atoms with Gasteiger partial charge in [0.15, 0.2) is 11.5 Å². The summed E-state index contributed by atoms with van der Waals surface area (Å²) in [6, 6.07) is 6.47. The lowest BCUT2D eigenvalue weighted by Gasteiger charge is -2.20. The van der Waals surface area contributed by atoms with Gasteiger partial charge >= 0.3 is 0 Å². The zero-order valence-electron chi connectivity index (χ0n) is 12.0. The first-order chi connectivity index (χ1) is 9.78. The fourth-order valence-electron chi connectivity index (χ4n) is 2.56. The highest BCUT2D eigenvalue weighted by atomic mass is 16.6. The molecule has 0 amide bonds. The van der Waals surface area contributed by atoms with Crippen LogP contribution in [0.4, 0.5) is 5.82 Å². The van der Waals surface area contributed by atoms with Crippen molar-refractivity contribution in [2.75, 3.05) is 18.5 Å². The van der Waals surface area contributed by atoms with E-state index >= 15 is 0 Å². The molecule has 0 spiro atoms. The van der Waals surface area contributed by atoms with E-state index in [-0.39, 0.29) is 0 Å². The maximum Gasteiger partial charge on any atom is 0.162 e. The number of anilines is 1.